The van der Waals surface area contributed by atoms with Crippen molar-refractivity contribution in [1.29, 1.82) is 0 Å². The van der Waals surface area contributed by atoms with E-state index in [9.17, 15) is 14.0 Å². The van der Waals surface area contributed by atoms with E-state index < -0.39 is 5.82 Å². The van der Waals surface area contributed by atoms with Gasteiger partial charge in [0.05, 0.1) is 11.6 Å². The molecule has 2 aromatic carbocycles. The van der Waals surface area contributed by atoms with Gasteiger partial charge in [0.1, 0.15) is 5.82 Å². The Morgan fingerprint density at radius 3 is 2.62 bits per heavy atom. The molecule has 1 N–H and O–H groups in total. The van der Waals surface area contributed by atoms with Crippen LogP contribution >= 0.6 is 11.6 Å². The molecule has 0 aliphatic carbocycles. The number of piperidine rings is 1. The summed E-state index contributed by atoms with van der Waals surface area (Å²) in [7, 11) is 0. The minimum atomic E-state index is -0.455. The third-order valence-electron chi connectivity index (χ3n) is 4.55. The van der Waals surface area contributed by atoms with Gasteiger partial charge < -0.3 is 10.2 Å². The van der Waals surface area contributed by atoms with Gasteiger partial charge in [-0.15, -0.1) is 0 Å². The van der Waals surface area contributed by atoms with Gasteiger partial charge in [-0.05, 0) is 61.7 Å². The fraction of sp³-hybridized carbons (Fsp3) is 0.300. The number of likely N-dealkylation sites (tertiary alicyclic amines) is 1. The second kappa shape index (κ2) is 7.87. The number of carbonyl (C=O) groups excluding carboxylic acids is 2. The molecule has 6 heteroatoms. The first-order chi connectivity index (χ1) is 12.4. The van der Waals surface area contributed by atoms with E-state index in [1.54, 1.807) is 48.2 Å². The van der Waals surface area contributed by atoms with E-state index in [0.717, 1.165) is 12.0 Å². The standard InChI is InChI=1S/C20H20ClFN2O2/c1-13-4-9-18(17(22)11-13)23-19(25)15-3-2-10-24(12-15)20(26)14-5-7-16(21)8-6-14/h4-9,11,15H,2-3,10,12H2,1H3,(H,23,25). The first-order valence-corrected chi connectivity index (χ1v) is 8.93. The largest absolute Gasteiger partial charge is 0.338 e. The van der Waals surface area contributed by atoms with E-state index in [1.165, 1.54) is 6.07 Å². The van der Waals surface area contributed by atoms with Crippen LogP contribution < -0.4 is 5.32 Å². The first-order valence-electron chi connectivity index (χ1n) is 8.56. The third-order valence-corrected chi connectivity index (χ3v) is 4.80. The predicted octanol–water partition coefficient (Wildman–Crippen LogP) is 4.28. The second-order valence-corrected chi connectivity index (χ2v) is 7.01. The number of nitrogens with one attached hydrogen (secondary N) is 1. The summed E-state index contributed by atoms with van der Waals surface area (Å²) in [4.78, 5) is 26.8. The Morgan fingerprint density at radius 1 is 1.19 bits per heavy atom. The number of hydrogen-bond acceptors (Lipinski definition) is 2. The number of carbonyl (C=O) groups is 2. The molecule has 2 amide bonds. The molecular weight excluding hydrogens is 355 g/mol. The molecule has 136 valence electrons. The van der Waals surface area contributed by atoms with E-state index in [2.05, 4.69) is 5.32 Å². The first kappa shape index (κ1) is 18.4. The van der Waals surface area contributed by atoms with Gasteiger partial charge in [-0.3, -0.25) is 9.59 Å². The van der Waals surface area contributed by atoms with Gasteiger partial charge in [-0.25, -0.2) is 4.39 Å². The monoisotopic (exact) mass is 374 g/mol. The lowest BCUT2D eigenvalue weighted by molar-refractivity contribution is -0.121. The van der Waals surface area contributed by atoms with Crippen LogP contribution in [0.1, 0.15) is 28.8 Å². The highest BCUT2D eigenvalue weighted by molar-refractivity contribution is 6.30. The molecule has 1 atom stereocenters. The van der Waals surface area contributed by atoms with Gasteiger partial charge in [0.25, 0.3) is 5.91 Å². The zero-order valence-electron chi connectivity index (χ0n) is 14.5. The number of halogens is 2. The van der Waals surface area contributed by atoms with Crippen LogP contribution in [0, 0.1) is 18.7 Å². The summed E-state index contributed by atoms with van der Waals surface area (Å²) in [5.74, 6) is -1.20. The predicted molar refractivity (Wildman–Crippen MR) is 99.8 cm³/mol. The van der Waals surface area contributed by atoms with Gasteiger partial charge in [-0.2, -0.15) is 0 Å². The van der Waals surface area contributed by atoms with Crippen LogP contribution in [0.2, 0.25) is 5.02 Å². The number of benzene rings is 2. The van der Waals surface area contributed by atoms with Crippen molar-refractivity contribution < 1.29 is 14.0 Å². The molecule has 1 heterocycles. The van der Waals surface area contributed by atoms with Crippen molar-refractivity contribution in [2.75, 3.05) is 18.4 Å². The fourth-order valence-electron chi connectivity index (χ4n) is 3.11. The molecule has 0 aromatic heterocycles. The summed E-state index contributed by atoms with van der Waals surface area (Å²) in [5.41, 5.74) is 1.50. The lowest BCUT2D eigenvalue weighted by atomic mass is 9.96. The Bertz CT molecular complexity index is 823. The lowest BCUT2D eigenvalue weighted by Gasteiger charge is -2.32. The van der Waals surface area contributed by atoms with Crippen molar-refractivity contribution in [3.05, 3.63) is 64.4 Å². The zero-order valence-corrected chi connectivity index (χ0v) is 15.2. The molecule has 1 saturated heterocycles. The Labute approximate surface area is 157 Å². The molecule has 0 saturated carbocycles. The van der Waals surface area contributed by atoms with Crippen molar-refractivity contribution >= 4 is 29.1 Å². The summed E-state index contributed by atoms with van der Waals surface area (Å²) in [5, 5.41) is 3.21. The van der Waals surface area contributed by atoms with Gasteiger partial charge >= 0.3 is 0 Å². The van der Waals surface area contributed by atoms with Crippen molar-refractivity contribution in [3.63, 3.8) is 0 Å². The van der Waals surface area contributed by atoms with Crippen molar-refractivity contribution in [2.24, 2.45) is 5.92 Å². The van der Waals surface area contributed by atoms with Crippen molar-refractivity contribution in [2.45, 2.75) is 19.8 Å². The summed E-state index contributed by atoms with van der Waals surface area (Å²) < 4.78 is 13.9. The molecule has 4 nitrogen and oxygen atoms in total. The lowest BCUT2D eigenvalue weighted by Crippen LogP contribution is -2.43. The molecule has 26 heavy (non-hydrogen) atoms. The van der Waals surface area contributed by atoms with Crippen molar-refractivity contribution in [3.8, 4) is 0 Å². The SMILES string of the molecule is Cc1ccc(NC(=O)C2CCCN(C(=O)c3ccc(Cl)cc3)C2)c(F)c1. The van der Waals surface area contributed by atoms with E-state index >= 15 is 0 Å². The van der Waals surface area contributed by atoms with Gasteiger partial charge in [0, 0.05) is 23.7 Å². The molecule has 1 fully saturated rings. The van der Waals surface area contributed by atoms with Crippen molar-refractivity contribution in [1.82, 2.24) is 4.90 Å². The Morgan fingerprint density at radius 2 is 1.92 bits per heavy atom. The van der Waals surface area contributed by atoms with E-state index in [1.807, 2.05) is 0 Å². The summed E-state index contributed by atoms with van der Waals surface area (Å²) >= 11 is 5.86. The smallest absolute Gasteiger partial charge is 0.253 e. The fourth-order valence-corrected chi connectivity index (χ4v) is 3.23. The molecule has 1 unspecified atom stereocenters. The zero-order chi connectivity index (χ0) is 18.7. The summed E-state index contributed by atoms with van der Waals surface area (Å²) in [6, 6.07) is 11.4. The molecule has 1 aliphatic heterocycles. The maximum Gasteiger partial charge on any atom is 0.253 e. The average Bonchev–Trinajstić information content (AvgIpc) is 2.64. The highest BCUT2D eigenvalue weighted by atomic mass is 35.5. The minimum Gasteiger partial charge on any atom is -0.338 e. The maximum absolute atomic E-state index is 13.9. The van der Waals surface area contributed by atoms with E-state index in [0.29, 0.717) is 30.1 Å². The van der Waals surface area contributed by atoms with Gasteiger partial charge in [0.2, 0.25) is 5.91 Å². The van der Waals surface area contributed by atoms with Crippen LogP contribution in [0.15, 0.2) is 42.5 Å². The van der Waals surface area contributed by atoms with E-state index in [-0.39, 0.29) is 23.4 Å². The second-order valence-electron chi connectivity index (χ2n) is 6.57. The van der Waals surface area contributed by atoms with Crippen LogP contribution in [0.25, 0.3) is 0 Å². The molecule has 0 bridgehead atoms. The minimum absolute atomic E-state index is 0.124. The normalized spacial score (nSPS) is 17.0. The molecular formula is C20H20ClFN2O2. The summed E-state index contributed by atoms with van der Waals surface area (Å²) in [6.45, 7) is 2.71. The summed E-state index contributed by atoms with van der Waals surface area (Å²) in [6.07, 6.45) is 1.40. The highest BCUT2D eigenvalue weighted by Gasteiger charge is 2.29. The van der Waals surface area contributed by atoms with Crippen LogP contribution in [-0.2, 0) is 4.79 Å². The topological polar surface area (TPSA) is 49.4 Å². The van der Waals surface area contributed by atoms with Crippen LogP contribution in [0.3, 0.4) is 0 Å². The van der Waals surface area contributed by atoms with Crippen LogP contribution in [-0.4, -0.2) is 29.8 Å². The number of hydrogen-bond donors (Lipinski definition) is 1. The molecule has 2 aromatic rings. The van der Waals surface area contributed by atoms with Crippen LogP contribution in [0.5, 0.6) is 0 Å². The third kappa shape index (κ3) is 4.22. The number of amides is 2. The Hall–Kier alpha value is -2.40. The molecule has 1 aliphatic rings. The Balaban J connectivity index is 1.66. The highest BCUT2D eigenvalue weighted by Crippen LogP contribution is 2.22. The average molecular weight is 375 g/mol. The van der Waals surface area contributed by atoms with E-state index in [4.69, 9.17) is 11.6 Å². The number of aryl methyl sites for hydroxylation is 1. The van der Waals surface area contributed by atoms with Crippen LogP contribution in [0.4, 0.5) is 10.1 Å². The molecule has 0 spiro atoms. The molecule has 0 radical (unpaired) electrons. The quantitative estimate of drug-likeness (QED) is 0.871. The Kier molecular flexibility index (Phi) is 5.57. The maximum atomic E-state index is 13.9. The van der Waals surface area contributed by atoms with Gasteiger partial charge in [0.15, 0.2) is 0 Å². The number of rotatable bonds is 3. The number of anilines is 1. The number of nitrogens with zero attached hydrogens (tertiary/aromatic N) is 1. The van der Waals surface area contributed by atoms with Gasteiger partial charge in [-0.1, -0.05) is 17.7 Å². The molecule has 3 rings (SSSR count).